The van der Waals surface area contributed by atoms with E-state index in [1.165, 1.54) is 51.6 Å². The summed E-state index contributed by atoms with van der Waals surface area (Å²) in [5.74, 6) is 1.71. The predicted octanol–water partition coefficient (Wildman–Crippen LogP) is 3.91. The third kappa shape index (κ3) is 6.27. The summed E-state index contributed by atoms with van der Waals surface area (Å²) in [7, 11) is 2.31. The van der Waals surface area contributed by atoms with E-state index in [2.05, 4.69) is 45.0 Å². The number of hydrogen-bond donors (Lipinski definition) is 1. The van der Waals surface area contributed by atoms with Gasteiger partial charge in [0.25, 0.3) is 0 Å². The van der Waals surface area contributed by atoms with Gasteiger partial charge in [-0.25, -0.2) is 0 Å². The van der Waals surface area contributed by atoms with Crippen LogP contribution in [0.5, 0.6) is 0 Å². The molecule has 0 aromatic carbocycles. The average Bonchev–Trinajstić information content (AvgIpc) is 2.86. The van der Waals surface area contributed by atoms with Crippen molar-refractivity contribution in [3.63, 3.8) is 0 Å². The fourth-order valence-electron chi connectivity index (χ4n) is 3.42. The second kappa shape index (κ2) is 8.97. The summed E-state index contributed by atoms with van der Waals surface area (Å²) in [6, 6.07) is 1.41. The van der Waals surface area contributed by atoms with Gasteiger partial charge in [0.1, 0.15) is 0 Å². The van der Waals surface area contributed by atoms with Gasteiger partial charge in [0, 0.05) is 18.6 Å². The highest BCUT2D eigenvalue weighted by Gasteiger charge is 2.26. The summed E-state index contributed by atoms with van der Waals surface area (Å²) >= 11 is 0. The molecule has 2 heteroatoms. The first-order valence-corrected chi connectivity index (χ1v) is 8.48. The minimum Gasteiger partial charge on any atom is -0.312 e. The Labute approximate surface area is 121 Å². The van der Waals surface area contributed by atoms with Gasteiger partial charge >= 0.3 is 0 Å². The van der Waals surface area contributed by atoms with Gasteiger partial charge in [-0.2, -0.15) is 0 Å². The summed E-state index contributed by atoms with van der Waals surface area (Å²) in [5.41, 5.74) is 0. The molecule has 2 unspecified atom stereocenters. The molecule has 0 aliphatic heterocycles. The largest absolute Gasteiger partial charge is 0.312 e. The molecule has 1 N–H and O–H groups in total. The quantitative estimate of drug-likeness (QED) is 0.682. The van der Waals surface area contributed by atoms with Crippen LogP contribution in [0.1, 0.15) is 66.2 Å². The van der Waals surface area contributed by atoms with Crippen molar-refractivity contribution in [2.24, 2.45) is 11.8 Å². The van der Waals surface area contributed by atoms with E-state index >= 15 is 0 Å². The van der Waals surface area contributed by atoms with Crippen molar-refractivity contribution in [1.29, 1.82) is 0 Å². The topological polar surface area (TPSA) is 15.3 Å². The Kier molecular flexibility index (Phi) is 8.01. The molecule has 19 heavy (non-hydrogen) atoms. The fourth-order valence-corrected chi connectivity index (χ4v) is 3.42. The van der Waals surface area contributed by atoms with Gasteiger partial charge in [-0.05, 0) is 58.0 Å². The molecule has 0 radical (unpaired) electrons. The molecule has 0 heterocycles. The molecule has 114 valence electrons. The Morgan fingerprint density at radius 1 is 1.16 bits per heavy atom. The number of hydrogen-bond acceptors (Lipinski definition) is 2. The molecule has 2 nitrogen and oxygen atoms in total. The third-order valence-corrected chi connectivity index (χ3v) is 4.68. The minimum atomic E-state index is 0.701. The molecular weight excluding hydrogens is 232 g/mol. The van der Waals surface area contributed by atoms with E-state index in [4.69, 9.17) is 0 Å². The van der Waals surface area contributed by atoms with E-state index < -0.39 is 0 Å². The second-order valence-electron chi connectivity index (χ2n) is 7.02. The van der Waals surface area contributed by atoms with E-state index in [1.807, 2.05) is 0 Å². The summed E-state index contributed by atoms with van der Waals surface area (Å²) in [6.07, 6.45) is 8.32. The zero-order chi connectivity index (χ0) is 14.3. The van der Waals surface area contributed by atoms with Gasteiger partial charge < -0.3 is 10.2 Å². The van der Waals surface area contributed by atoms with Gasteiger partial charge in [0.15, 0.2) is 0 Å². The van der Waals surface area contributed by atoms with Crippen molar-refractivity contribution in [2.75, 3.05) is 20.1 Å². The predicted molar refractivity (Wildman–Crippen MR) is 85.6 cm³/mol. The van der Waals surface area contributed by atoms with Gasteiger partial charge in [-0.15, -0.1) is 0 Å². The molecular formula is C17H36N2. The monoisotopic (exact) mass is 268 g/mol. The highest BCUT2D eigenvalue weighted by molar-refractivity contribution is 4.84. The van der Waals surface area contributed by atoms with Crippen LogP contribution in [0.3, 0.4) is 0 Å². The van der Waals surface area contributed by atoms with Crippen LogP contribution < -0.4 is 5.32 Å². The number of nitrogens with one attached hydrogen (secondary N) is 1. The average molecular weight is 268 g/mol. The van der Waals surface area contributed by atoms with Gasteiger partial charge in [0.05, 0.1) is 0 Å². The minimum absolute atomic E-state index is 0.701. The maximum atomic E-state index is 3.81. The molecule has 0 amide bonds. The van der Waals surface area contributed by atoms with Crippen molar-refractivity contribution in [3.8, 4) is 0 Å². The standard InChI is InChI=1S/C17H36N2/c1-6-11-18-17(16-9-7-8-10-16)13-19(5)15(4)12-14(2)3/h14-18H,6-13H2,1-5H3. The first kappa shape index (κ1) is 17.0. The van der Waals surface area contributed by atoms with Crippen LogP contribution in [-0.4, -0.2) is 37.1 Å². The van der Waals surface area contributed by atoms with E-state index in [1.54, 1.807) is 0 Å². The normalized spacial score (nSPS) is 20.4. The molecule has 0 aromatic rings. The molecule has 0 spiro atoms. The van der Waals surface area contributed by atoms with Crippen molar-refractivity contribution >= 4 is 0 Å². The van der Waals surface area contributed by atoms with Crippen molar-refractivity contribution in [2.45, 2.75) is 78.3 Å². The molecule has 1 saturated carbocycles. The van der Waals surface area contributed by atoms with E-state index in [9.17, 15) is 0 Å². The van der Waals surface area contributed by atoms with Crippen LogP contribution in [0.2, 0.25) is 0 Å². The van der Waals surface area contributed by atoms with E-state index in [0.717, 1.165) is 11.8 Å². The molecule has 1 rings (SSSR count). The van der Waals surface area contributed by atoms with Crippen molar-refractivity contribution < 1.29 is 0 Å². The third-order valence-electron chi connectivity index (χ3n) is 4.68. The molecule has 1 aliphatic rings. The summed E-state index contributed by atoms with van der Waals surface area (Å²) in [6.45, 7) is 11.7. The molecule has 1 fully saturated rings. The Balaban J connectivity index is 2.45. The van der Waals surface area contributed by atoms with Crippen LogP contribution in [-0.2, 0) is 0 Å². The first-order valence-electron chi connectivity index (χ1n) is 8.48. The van der Waals surface area contributed by atoms with Crippen molar-refractivity contribution in [3.05, 3.63) is 0 Å². The SMILES string of the molecule is CCCNC(CN(C)C(C)CC(C)C)C1CCCC1. The highest BCUT2D eigenvalue weighted by atomic mass is 15.1. The molecule has 2 atom stereocenters. The van der Waals surface area contributed by atoms with Crippen LogP contribution in [0.15, 0.2) is 0 Å². The van der Waals surface area contributed by atoms with Crippen LogP contribution in [0, 0.1) is 11.8 Å². The lowest BCUT2D eigenvalue weighted by Crippen LogP contribution is -2.46. The lowest BCUT2D eigenvalue weighted by atomic mass is 9.96. The number of rotatable bonds is 9. The van der Waals surface area contributed by atoms with Crippen LogP contribution >= 0.6 is 0 Å². The zero-order valence-electron chi connectivity index (χ0n) is 13.9. The smallest absolute Gasteiger partial charge is 0.0223 e. The van der Waals surface area contributed by atoms with Crippen LogP contribution in [0.4, 0.5) is 0 Å². The van der Waals surface area contributed by atoms with E-state index in [0.29, 0.717) is 12.1 Å². The fraction of sp³-hybridized carbons (Fsp3) is 1.00. The molecule has 0 saturated heterocycles. The Hall–Kier alpha value is -0.0800. The lowest BCUT2D eigenvalue weighted by Gasteiger charge is -2.33. The summed E-state index contributed by atoms with van der Waals surface area (Å²) in [5, 5.41) is 3.81. The maximum absolute atomic E-state index is 3.81. The first-order chi connectivity index (χ1) is 9.04. The summed E-state index contributed by atoms with van der Waals surface area (Å²) < 4.78 is 0. The number of nitrogens with zero attached hydrogens (tertiary/aromatic N) is 1. The van der Waals surface area contributed by atoms with E-state index in [-0.39, 0.29) is 0 Å². The Morgan fingerprint density at radius 3 is 2.32 bits per heavy atom. The second-order valence-corrected chi connectivity index (χ2v) is 7.02. The molecule has 0 bridgehead atoms. The van der Waals surface area contributed by atoms with Crippen molar-refractivity contribution in [1.82, 2.24) is 10.2 Å². The Bertz CT molecular complexity index is 221. The molecule has 0 aromatic heterocycles. The molecule has 1 aliphatic carbocycles. The number of likely N-dealkylation sites (N-methyl/N-ethyl adjacent to an activating group) is 1. The Morgan fingerprint density at radius 2 is 1.79 bits per heavy atom. The maximum Gasteiger partial charge on any atom is 0.0223 e. The zero-order valence-corrected chi connectivity index (χ0v) is 13.9. The lowest BCUT2D eigenvalue weighted by molar-refractivity contribution is 0.181. The summed E-state index contributed by atoms with van der Waals surface area (Å²) in [4.78, 5) is 2.58. The highest BCUT2D eigenvalue weighted by Crippen LogP contribution is 2.28. The van der Waals surface area contributed by atoms with Crippen LogP contribution in [0.25, 0.3) is 0 Å². The van der Waals surface area contributed by atoms with Gasteiger partial charge in [-0.1, -0.05) is 33.6 Å². The van der Waals surface area contributed by atoms with Gasteiger partial charge in [-0.3, -0.25) is 0 Å². The van der Waals surface area contributed by atoms with Gasteiger partial charge in [0.2, 0.25) is 0 Å².